The zero-order valence-corrected chi connectivity index (χ0v) is 9.81. The summed E-state index contributed by atoms with van der Waals surface area (Å²) in [6.07, 6.45) is 13.0. The van der Waals surface area contributed by atoms with Gasteiger partial charge in [-0.2, -0.15) is 0 Å². The predicted octanol–water partition coefficient (Wildman–Crippen LogP) is 4.85. The second kappa shape index (κ2) is 8.64. The van der Waals surface area contributed by atoms with Crippen molar-refractivity contribution in [1.82, 2.24) is 0 Å². The molecule has 0 unspecified atom stereocenters. The monoisotopic (exact) mass is 206 g/mol. The molecule has 0 aliphatic heterocycles. The topological polar surface area (TPSA) is 0 Å². The maximum atomic E-state index is 3.76. The molecule has 1 heteroatoms. The van der Waals surface area contributed by atoms with E-state index in [9.17, 15) is 0 Å². The first-order valence-electron chi connectivity index (χ1n) is 4.74. The molecule has 0 nitrogen and oxygen atoms in total. The van der Waals surface area contributed by atoms with Crippen molar-refractivity contribution in [1.29, 1.82) is 0 Å². The van der Waals surface area contributed by atoms with Gasteiger partial charge in [0.25, 0.3) is 0 Å². The largest absolute Gasteiger partial charge is 0.0990 e. The molecule has 0 N–H and O–H groups in total. The van der Waals surface area contributed by atoms with Crippen LogP contribution < -0.4 is 0 Å². The Bertz CT molecular complexity index is 267. The number of hydrogen-bond acceptors (Lipinski definition) is 1. The number of hydrogen-bond donors (Lipinski definition) is 0. The minimum absolute atomic E-state index is 1.05. The van der Waals surface area contributed by atoms with Crippen molar-refractivity contribution in [2.45, 2.75) is 20.3 Å². The molecule has 0 radical (unpaired) electrons. The summed E-state index contributed by atoms with van der Waals surface area (Å²) in [7, 11) is 0. The van der Waals surface area contributed by atoms with Crippen molar-refractivity contribution in [3.05, 3.63) is 59.4 Å². The van der Waals surface area contributed by atoms with E-state index in [2.05, 4.69) is 32.2 Å². The molecule has 0 aromatic carbocycles. The van der Waals surface area contributed by atoms with Crippen LogP contribution >= 0.6 is 11.8 Å². The fraction of sp³-hybridized carbons (Fsp3) is 0.231. The van der Waals surface area contributed by atoms with E-state index in [0.717, 1.165) is 11.3 Å². The van der Waals surface area contributed by atoms with Crippen LogP contribution in [0.5, 0.6) is 0 Å². The lowest BCUT2D eigenvalue weighted by molar-refractivity contribution is 1.22. The van der Waals surface area contributed by atoms with Crippen molar-refractivity contribution >= 4 is 11.8 Å². The molecular weight excluding hydrogens is 188 g/mol. The average molecular weight is 206 g/mol. The van der Waals surface area contributed by atoms with Gasteiger partial charge < -0.3 is 0 Å². The van der Waals surface area contributed by atoms with E-state index < -0.39 is 0 Å². The Balaban J connectivity index is 4.57. The Morgan fingerprint density at radius 1 is 1.29 bits per heavy atom. The van der Waals surface area contributed by atoms with Crippen molar-refractivity contribution in [3.8, 4) is 0 Å². The second-order valence-corrected chi connectivity index (χ2v) is 3.77. The van der Waals surface area contributed by atoms with E-state index in [-0.39, 0.29) is 0 Å². The standard InChI is InChI=1S/C13H18S/c1-5-9-12(8-4)14-13(10-6-2)11-7-3/h5-6,8-11H,1,4,7H2,2-3H3/b10-6-,12-9+,13-11+. The van der Waals surface area contributed by atoms with Crippen LogP contribution in [0.1, 0.15) is 20.3 Å². The highest BCUT2D eigenvalue weighted by Crippen LogP contribution is 2.27. The molecule has 0 aliphatic carbocycles. The van der Waals surface area contributed by atoms with Gasteiger partial charge in [-0.05, 0) is 19.4 Å². The Labute approximate surface area is 91.8 Å². The fourth-order valence-electron chi connectivity index (χ4n) is 0.905. The van der Waals surface area contributed by atoms with Crippen molar-refractivity contribution in [2.75, 3.05) is 0 Å². The first kappa shape index (κ1) is 13.1. The Hall–Kier alpha value is -0.950. The molecule has 0 aromatic heterocycles. The summed E-state index contributed by atoms with van der Waals surface area (Å²) in [6.45, 7) is 11.6. The molecule has 0 rings (SSSR count). The lowest BCUT2D eigenvalue weighted by atomic mass is 10.4. The lowest BCUT2D eigenvalue weighted by Gasteiger charge is -2.01. The lowest BCUT2D eigenvalue weighted by Crippen LogP contribution is -1.73. The van der Waals surface area contributed by atoms with Gasteiger partial charge in [-0.15, -0.1) is 0 Å². The Kier molecular flexibility index (Phi) is 8.05. The number of thioether (sulfide) groups is 1. The van der Waals surface area contributed by atoms with E-state index in [0.29, 0.717) is 0 Å². The van der Waals surface area contributed by atoms with Gasteiger partial charge in [0.15, 0.2) is 0 Å². The third-order valence-corrected chi connectivity index (χ3v) is 2.53. The van der Waals surface area contributed by atoms with Crippen molar-refractivity contribution < 1.29 is 0 Å². The molecule has 0 aliphatic rings. The smallest absolute Gasteiger partial charge is 0.0116 e. The van der Waals surface area contributed by atoms with E-state index in [1.165, 1.54) is 4.91 Å². The maximum Gasteiger partial charge on any atom is 0.0116 e. The zero-order valence-electron chi connectivity index (χ0n) is 8.99. The van der Waals surface area contributed by atoms with E-state index in [1.54, 1.807) is 17.8 Å². The van der Waals surface area contributed by atoms with Crippen LogP contribution in [0.15, 0.2) is 59.4 Å². The van der Waals surface area contributed by atoms with Crippen molar-refractivity contribution in [3.63, 3.8) is 0 Å². The van der Waals surface area contributed by atoms with E-state index in [1.807, 2.05) is 25.2 Å². The third-order valence-electron chi connectivity index (χ3n) is 1.46. The normalized spacial score (nSPS) is 13.3. The van der Waals surface area contributed by atoms with E-state index >= 15 is 0 Å². The summed E-state index contributed by atoms with van der Waals surface area (Å²) in [6, 6.07) is 0. The van der Waals surface area contributed by atoms with Crippen LogP contribution in [0.4, 0.5) is 0 Å². The first-order chi connectivity index (χ1) is 6.78. The summed E-state index contributed by atoms with van der Waals surface area (Å²) in [4.78, 5) is 2.38. The van der Waals surface area contributed by atoms with Crippen LogP contribution in [0.25, 0.3) is 0 Å². The molecule has 0 heterocycles. The van der Waals surface area contributed by atoms with Gasteiger partial charge in [0.2, 0.25) is 0 Å². The summed E-state index contributed by atoms with van der Waals surface area (Å²) < 4.78 is 0. The molecule has 14 heavy (non-hydrogen) atoms. The summed E-state index contributed by atoms with van der Waals surface area (Å²) in [5, 5.41) is 0. The van der Waals surface area contributed by atoms with E-state index in [4.69, 9.17) is 0 Å². The highest BCUT2D eigenvalue weighted by atomic mass is 32.2. The van der Waals surface area contributed by atoms with Gasteiger partial charge in [-0.3, -0.25) is 0 Å². The third kappa shape index (κ3) is 5.65. The Morgan fingerprint density at radius 2 is 2.00 bits per heavy atom. The highest BCUT2D eigenvalue weighted by molar-refractivity contribution is 8.07. The van der Waals surface area contributed by atoms with Crippen LogP contribution in [-0.2, 0) is 0 Å². The molecule has 0 aromatic rings. The first-order valence-corrected chi connectivity index (χ1v) is 5.56. The minimum atomic E-state index is 1.05. The van der Waals surface area contributed by atoms with Crippen molar-refractivity contribution in [2.24, 2.45) is 0 Å². The molecule has 0 bridgehead atoms. The number of rotatable bonds is 6. The van der Waals surface area contributed by atoms with Crippen LogP contribution in [-0.4, -0.2) is 0 Å². The number of allylic oxidation sites excluding steroid dienone is 6. The molecule has 0 saturated heterocycles. The summed E-state index contributed by atoms with van der Waals surface area (Å²) in [5.41, 5.74) is 0. The summed E-state index contributed by atoms with van der Waals surface area (Å²) >= 11 is 1.71. The molecule has 0 atom stereocenters. The maximum absolute atomic E-state index is 3.76. The van der Waals surface area contributed by atoms with Crippen LogP contribution in [0.2, 0.25) is 0 Å². The van der Waals surface area contributed by atoms with Gasteiger partial charge in [-0.25, -0.2) is 0 Å². The zero-order chi connectivity index (χ0) is 10.8. The second-order valence-electron chi connectivity index (χ2n) is 2.63. The van der Waals surface area contributed by atoms with Crippen LogP contribution in [0.3, 0.4) is 0 Å². The molecule has 0 saturated carbocycles. The van der Waals surface area contributed by atoms with Crippen LogP contribution in [0, 0.1) is 0 Å². The predicted molar refractivity (Wildman–Crippen MR) is 69.3 cm³/mol. The minimum Gasteiger partial charge on any atom is -0.0990 e. The quantitative estimate of drug-likeness (QED) is 0.560. The molecule has 0 amide bonds. The van der Waals surface area contributed by atoms with Gasteiger partial charge in [-0.1, -0.05) is 62.2 Å². The van der Waals surface area contributed by atoms with Gasteiger partial charge >= 0.3 is 0 Å². The fourth-order valence-corrected chi connectivity index (χ4v) is 1.88. The van der Waals surface area contributed by atoms with Gasteiger partial charge in [0, 0.05) is 9.81 Å². The van der Waals surface area contributed by atoms with Gasteiger partial charge in [0.1, 0.15) is 0 Å². The van der Waals surface area contributed by atoms with Gasteiger partial charge in [0.05, 0.1) is 0 Å². The average Bonchev–Trinajstić information content (AvgIpc) is 2.18. The molecule has 0 spiro atoms. The highest BCUT2D eigenvalue weighted by Gasteiger charge is 1.95. The summed E-state index contributed by atoms with van der Waals surface area (Å²) in [5.74, 6) is 0. The molecular formula is C13H18S. The molecule has 76 valence electrons. The molecule has 0 fully saturated rings. The SMILES string of the molecule is C=C/C=C(\C=C)SC(/C=C\C)=C/CC. The Morgan fingerprint density at radius 3 is 2.43 bits per heavy atom.